The van der Waals surface area contributed by atoms with Crippen LogP contribution >= 0.6 is 0 Å². The molecule has 18 heavy (non-hydrogen) atoms. The second-order valence-electron chi connectivity index (χ2n) is 5.70. The van der Waals surface area contributed by atoms with Crippen molar-refractivity contribution < 1.29 is 14.3 Å². The van der Waals surface area contributed by atoms with Gasteiger partial charge in [-0.15, -0.1) is 0 Å². The van der Waals surface area contributed by atoms with Crippen molar-refractivity contribution in [2.45, 2.75) is 51.4 Å². The van der Waals surface area contributed by atoms with Crippen molar-refractivity contribution in [3.8, 4) is 0 Å². The van der Waals surface area contributed by atoms with Gasteiger partial charge in [-0.3, -0.25) is 14.5 Å². The Bertz CT molecular complexity index is 301. The average Bonchev–Trinajstić information content (AvgIpc) is 2.75. The minimum absolute atomic E-state index is 0.0250. The summed E-state index contributed by atoms with van der Waals surface area (Å²) >= 11 is 0. The first-order chi connectivity index (χ1) is 8.67. The zero-order valence-electron chi connectivity index (χ0n) is 11.2. The summed E-state index contributed by atoms with van der Waals surface area (Å²) in [4.78, 5) is 25.7. The smallest absolute Gasteiger partial charge is 0.229 e. The van der Waals surface area contributed by atoms with E-state index in [-0.39, 0.29) is 17.2 Å². The lowest BCUT2D eigenvalue weighted by molar-refractivity contribution is -0.153. The Morgan fingerprint density at radius 1 is 1.11 bits per heavy atom. The van der Waals surface area contributed by atoms with E-state index in [0.717, 1.165) is 25.7 Å². The molecule has 1 aliphatic heterocycles. The van der Waals surface area contributed by atoms with Crippen LogP contribution < -0.4 is 0 Å². The number of ether oxygens (including phenoxy) is 1. The number of rotatable bonds is 5. The topological polar surface area (TPSA) is 46.6 Å². The number of likely N-dealkylation sites (tertiary alicyclic amines) is 1. The molecular weight excluding hydrogens is 230 g/mol. The van der Waals surface area contributed by atoms with E-state index in [1.807, 2.05) is 0 Å². The fourth-order valence-corrected chi connectivity index (χ4v) is 3.28. The minimum atomic E-state index is 0.0250. The van der Waals surface area contributed by atoms with Crippen molar-refractivity contribution in [1.82, 2.24) is 4.90 Å². The predicted molar refractivity (Wildman–Crippen MR) is 68.0 cm³/mol. The molecule has 4 nitrogen and oxygen atoms in total. The molecule has 1 heterocycles. The van der Waals surface area contributed by atoms with Gasteiger partial charge in [0.15, 0.2) is 0 Å². The van der Waals surface area contributed by atoms with Gasteiger partial charge in [-0.1, -0.05) is 12.8 Å². The Morgan fingerprint density at radius 3 is 2.28 bits per heavy atom. The first-order valence-electron chi connectivity index (χ1n) is 6.99. The number of piperidine rings is 1. The molecule has 2 rings (SSSR count). The molecule has 0 aromatic heterocycles. The third kappa shape index (κ3) is 2.91. The van der Waals surface area contributed by atoms with Gasteiger partial charge in [0, 0.05) is 33.1 Å². The quantitative estimate of drug-likeness (QED) is 0.557. The number of carbonyl (C=O) groups is 2. The van der Waals surface area contributed by atoms with E-state index in [2.05, 4.69) is 0 Å². The average molecular weight is 253 g/mol. The molecule has 2 amide bonds. The van der Waals surface area contributed by atoms with Crippen LogP contribution in [0.3, 0.4) is 0 Å². The van der Waals surface area contributed by atoms with Crippen LogP contribution in [0.15, 0.2) is 0 Å². The summed E-state index contributed by atoms with van der Waals surface area (Å²) in [6.45, 7) is 1.26. The molecule has 1 saturated heterocycles. The molecule has 0 unspecified atom stereocenters. The summed E-state index contributed by atoms with van der Waals surface area (Å²) in [6.07, 6.45) is 7.38. The monoisotopic (exact) mass is 253 g/mol. The van der Waals surface area contributed by atoms with Crippen LogP contribution in [0, 0.1) is 5.41 Å². The Hall–Kier alpha value is -0.900. The minimum Gasteiger partial charge on any atom is -0.385 e. The van der Waals surface area contributed by atoms with Gasteiger partial charge in [-0.05, 0) is 31.1 Å². The second kappa shape index (κ2) is 5.83. The number of methoxy groups -OCH3 is 1. The lowest BCUT2D eigenvalue weighted by atomic mass is 9.76. The Balaban J connectivity index is 1.86. The van der Waals surface area contributed by atoms with E-state index in [4.69, 9.17) is 4.74 Å². The van der Waals surface area contributed by atoms with Crippen LogP contribution in [-0.4, -0.2) is 37.0 Å². The largest absolute Gasteiger partial charge is 0.385 e. The molecule has 0 aromatic carbocycles. The molecule has 0 aromatic rings. The number of nitrogens with zero attached hydrogens (tertiary/aromatic N) is 1. The molecule has 102 valence electrons. The van der Waals surface area contributed by atoms with Gasteiger partial charge < -0.3 is 4.74 Å². The summed E-state index contributed by atoms with van der Waals surface area (Å²) in [6, 6.07) is 0. The number of hydrogen-bond acceptors (Lipinski definition) is 3. The zero-order chi connectivity index (χ0) is 13.0. The van der Waals surface area contributed by atoms with Crippen molar-refractivity contribution >= 4 is 11.8 Å². The fraction of sp³-hybridized carbons (Fsp3) is 0.857. The van der Waals surface area contributed by atoms with Crippen molar-refractivity contribution in [2.24, 2.45) is 5.41 Å². The molecular formula is C14H23NO3. The molecule has 1 saturated carbocycles. The number of amides is 2. The van der Waals surface area contributed by atoms with Crippen LogP contribution in [0.25, 0.3) is 0 Å². The third-order valence-corrected chi connectivity index (χ3v) is 4.30. The van der Waals surface area contributed by atoms with Gasteiger partial charge in [-0.2, -0.15) is 0 Å². The molecule has 2 fully saturated rings. The number of imide groups is 1. The molecule has 1 aliphatic carbocycles. The molecule has 0 N–H and O–H groups in total. The molecule has 4 heteroatoms. The van der Waals surface area contributed by atoms with Gasteiger partial charge >= 0.3 is 0 Å². The summed E-state index contributed by atoms with van der Waals surface area (Å²) in [5, 5.41) is 0. The normalized spacial score (nSPS) is 23.1. The summed E-state index contributed by atoms with van der Waals surface area (Å²) in [5.41, 5.74) is 0.0250. The van der Waals surface area contributed by atoms with E-state index in [1.165, 1.54) is 17.7 Å². The maximum absolute atomic E-state index is 12.1. The number of hydrogen-bond donors (Lipinski definition) is 0. The molecule has 0 radical (unpaired) electrons. The lowest BCUT2D eigenvalue weighted by Gasteiger charge is -2.37. The first kappa shape index (κ1) is 13.5. The summed E-state index contributed by atoms with van der Waals surface area (Å²) in [5.74, 6) is 0.0936. The van der Waals surface area contributed by atoms with Gasteiger partial charge in [0.25, 0.3) is 0 Å². The highest BCUT2D eigenvalue weighted by atomic mass is 16.5. The van der Waals surface area contributed by atoms with Crippen LogP contribution in [-0.2, 0) is 14.3 Å². The van der Waals surface area contributed by atoms with E-state index < -0.39 is 0 Å². The van der Waals surface area contributed by atoms with Crippen molar-refractivity contribution in [1.29, 1.82) is 0 Å². The van der Waals surface area contributed by atoms with Gasteiger partial charge in [0.05, 0.1) is 0 Å². The molecule has 0 atom stereocenters. The highest BCUT2D eigenvalue weighted by Crippen LogP contribution is 2.46. The molecule has 0 bridgehead atoms. The van der Waals surface area contributed by atoms with Crippen molar-refractivity contribution in [2.75, 3.05) is 20.3 Å². The van der Waals surface area contributed by atoms with Gasteiger partial charge in [0.1, 0.15) is 0 Å². The van der Waals surface area contributed by atoms with Crippen LogP contribution in [0.4, 0.5) is 0 Å². The highest BCUT2D eigenvalue weighted by Gasteiger charge is 2.44. The number of unbranched alkanes of at least 4 members (excludes halogenated alkanes) is 1. The molecule has 2 aliphatic rings. The van der Waals surface area contributed by atoms with Crippen molar-refractivity contribution in [3.05, 3.63) is 0 Å². The maximum atomic E-state index is 12.1. The van der Waals surface area contributed by atoms with Gasteiger partial charge in [-0.25, -0.2) is 0 Å². The SMILES string of the molecule is COCCCCN1C(=O)CC2(CCCC2)CC1=O. The lowest BCUT2D eigenvalue weighted by Crippen LogP contribution is -2.47. The number of carbonyl (C=O) groups excluding carboxylic acids is 2. The van der Waals surface area contributed by atoms with E-state index in [1.54, 1.807) is 7.11 Å². The van der Waals surface area contributed by atoms with E-state index >= 15 is 0 Å². The van der Waals surface area contributed by atoms with E-state index in [0.29, 0.717) is 26.0 Å². The fourth-order valence-electron chi connectivity index (χ4n) is 3.28. The van der Waals surface area contributed by atoms with Crippen LogP contribution in [0.5, 0.6) is 0 Å². The molecule has 1 spiro atoms. The Morgan fingerprint density at radius 2 is 1.72 bits per heavy atom. The standard InChI is InChI=1S/C14H23NO3/c1-18-9-5-4-8-15-12(16)10-14(11-13(15)17)6-2-3-7-14/h2-11H2,1H3. The van der Waals surface area contributed by atoms with E-state index in [9.17, 15) is 9.59 Å². The summed E-state index contributed by atoms with van der Waals surface area (Å²) < 4.78 is 4.97. The zero-order valence-corrected chi connectivity index (χ0v) is 11.2. The predicted octanol–water partition coefficient (Wildman–Crippen LogP) is 2.12. The highest BCUT2D eigenvalue weighted by molar-refractivity contribution is 5.98. The Kier molecular flexibility index (Phi) is 4.38. The third-order valence-electron chi connectivity index (χ3n) is 4.30. The maximum Gasteiger partial charge on any atom is 0.229 e. The van der Waals surface area contributed by atoms with Crippen molar-refractivity contribution in [3.63, 3.8) is 0 Å². The second-order valence-corrected chi connectivity index (χ2v) is 5.70. The Labute approximate surface area is 109 Å². The summed E-state index contributed by atoms with van der Waals surface area (Å²) in [7, 11) is 1.67. The van der Waals surface area contributed by atoms with Crippen LogP contribution in [0.2, 0.25) is 0 Å². The first-order valence-corrected chi connectivity index (χ1v) is 6.99. The van der Waals surface area contributed by atoms with Crippen LogP contribution in [0.1, 0.15) is 51.4 Å². The van der Waals surface area contributed by atoms with Gasteiger partial charge in [0.2, 0.25) is 11.8 Å².